The number of amides is 1. The predicted molar refractivity (Wildman–Crippen MR) is 164 cm³/mol. The molecule has 2 heterocycles. The smallest absolute Gasteiger partial charge is 0.286 e. The zero-order valence-corrected chi connectivity index (χ0v) is 25.5. The van der Waals surface area contributed by atoms with Gasteiger partial charge in [0.2, 0.25) is 0 Å². The van der Waals surface area contributed by atoms with Crippen LogP contribution in [0, 0.1) is 17.8 Å². The minimum Gasteiger partial charge on any atom is -0.490 e. The maximum absolute atomic E-state index is 13.3. The molecule has 0 radical (unpaired) electrons. The van der Waals surface area contributed by atoms with Crippen LogP contribution in [0.4, 0.5) is 5.69 Å². The van der Waals surface area contributed by atoms with Crippen LogP contribution in [0.2, 0.25) is 5.02 Å². The van der Waals surface area contributed by atoms with Crippen molar-refractivity contribution < 1.29 is 18.5 Å². The quantitative estimate of drug-likeness (QED) is 0.411. The van der Waals surface area contributed by atoms with Gasteiger partial charge >= 0.3 is 0 Å². The first-order valence-electron chi connectivity index (χ1n) is 14.7. The first-order chi connectivity index (χ1) is 19.7. The zero-order chi connectivity index (χ0) is 28.8. The third-order valence-corrected chi connectivity index (χ3v) is 11.3. The van der Waals surface area contributed by atoms with Crippen molar-refractivity contribution in [1.82, 2.24) is 0 Å². The van der Waals surface area contributed by atoms with E-state index in [1.807, 2.05) is 25.1 Å². The lowest BCUT2D eigenvalue weighted by atomic mass is 9.68. The van der Waals surface area contributed by atoms with E-state index in [4.69, 9.17) is 26.2 Å². The van der Waals surface area contributed by atoms with Crippen LogP contribution in [0.1, 0.15) is 60.5 Å². The van der Waals surface area contributed by atoms with Crippen LogP contribution in [0.3, 0.4) is 0 Å². The average molecular weight is 598 g/mol. The van der Waals surface area contributed by atoms with Crippen molar-refractivity contribution >= 4 is 33.1 Å². The Morgan fingerprint density at radius 1 is 1.22 bits per heavy atom. The third kappa shape index (κ3) is 5.81. The van der Waals surface area contributed by atoms with Gasteiger partial charge in [-0.25, -0.2) is 9.35 Å². The van der Waals surface area contributed by atoms with Crippen LogP contribution in [0.15, 0.2) is 52.9 Å². The summed E-state index contributed by atoms with van der Waals surface area (Å²) in [6.07, 6.45) is 10.3. The van der Waals surface area contributed by atoms with Gasteiger partial charge in [-0.1, -0.05) is 36.7 Å². The summed E-state index contributed by atoms with van der Waals surface area (Å²) in [5.74, 6) is 1.22. The molecule has 220 valence electrons. The molecule has 7 nitrogen and oxygen atoms in total. The molecule has 0 unspecified atom stereocenters. The molecule has 2 aliphatic carbocycles. The molecule has 1 saturated carbocycles. The number of aryl methyl sites for hydroxylation is 1. The summed E-state index contributed by atoms with van der Waals surface area (Å²) < 4.78 is 29.7. The standard InChI is InChI=1S/C32H40ClN3O4S/c1-21-5-3-7-29(39-2)26-11-8-24(26)17-36-19-32(14-4-6-22-15-25(33)10-12-27(22)32)20-40-30-13-9-23(16-28(30)36)31(37)35-41(34,38)18-21/h3,7,9-10,12-13,15-16,21,24,26,29H,4-6,8,11,14,17-20H2,1-2H3,(H2,34,35,37,38)/b7-3-/t21-,24-,26+,29-,32-,41+/m0/s1. The molecular formula is C32H40ClN3O4S. The van der Waals surface area contributed by atoms with Crippen molar-refractivity contribution in [3.8, 4) is 5.75 Å². The first-order valence-corrected chi connectivity index (χ1v) is 16.9. The second-order valence-electron chi connectivity index (χ2n) is 12.5. The highest BCUT2D eigenvalue weighted by atomic mass is 35.5. The second-order valence-corrected chi connectivity index (χ2v) is 14.8. The van der Waals surface area contributed by atoms with Crippen LogP contribution in [0.25, 0.3) is 0 Å². The molecule has 0 saturated heterocycles. The van der Waals surface area contributed by atoms with E-state index >= 15 is 0 Å². The molecule has 9 heteroatoms. The van der Waals surface area contributed by atoms with Crippen molar-refractivity contribution in [2.75, 3.05) is 37.5 Å². The summed E-state index contributed by atoms with van der Waals surface area (Å²) in [7, 11) is -1.40. The molecule has 0 aromatic heterocycles. The van der Waals surface area contributed by atoms with E-state index in [1.165, 1.54) is 11.1 Å². The van der Waals surface area contributed by atoms with Gasteiger partial charge in [0.05, 0.1) is 18.4 Å². The van der Waals surface area contributed by atoms with Gasteiger partial charge in [0.25, 0.3) is 5.91 Å². The highest BCUT2D eigenvalue weighted by Crippen LogP contribution is 2.47. The van der Waals surface area contributed by atoms with Gasteiger partial charge in [-0.15, -0.1) is 4.36 Å². The number of carbonyl (C=O) groups is 1. The molecule has 6 atom stereocenters. The van der Waals surface area contributed by atoms with E-state index in [1.54, 1.807) is 13.2 Å². The molecule has 1 fully saturated rings. The minimum absolute atomic E-state index is 0.0166. The molecule has 41 heavy (non-hydrogen) atoms. The third-order valence-electron chi connectivity index (χ3n) is 9.53. The number of hydrogen-bond donors (Lipinski definition) is 1. The fourth-order valence-corrected chi connectivity index (χ4v) is 8.94. The van der Waals surface area contributed by atoms with Gasteiger partial charge in [0.15, 0.2) is 0 Å². The highest BCUT2D eigenvalue weighted by molar-refractivity contribution is 7.91. The molecule has 2 aromatic carbocycles. The van der Waals surface area contributed by atoms with E-state index in [0.717, 1.165) is 61.7 Å². The monoisotopic (exact) mass is 597 g/mol. The number of nitrogens with two attached hydrogens (primary N) is 1. The van der Waals surface area contributed by atoms with E-state index in [2.05, 4.69) is 33.5 Å². The summed E-state index contributed by atoms with van der Waals surface area (Å²) in [5, 5.41) is 6.85. The normalized spacial score (nSPS) is 34.3. The van der Waals surface area contributed by atoms with Gasteiger partial charge in [0.1, 0.15) is 15.7 Å². The Labute approximate surface area is 248 Å². The topological polar surface area (TPSA) is 94.2 Å². The molecule has 6 rings (SSSR count). The Hall–Kier alpha value is -2.39. The van der Waals surface area contributed by atoms with Gasteiger partial charge < -0.3 is 14.4 Å². The van der Waals surface area contributed by atoms with Crippen molar-refractivity contribution in [2.45, 2.75) is 57.0 Å². The van der Waals surface area contributed by atoms with Crippen molar-refractivity contribution in [3.63, 3.8) is 0 Å². The fraction of sp³-hybridized carbons (Fsp3) is 0.531. The largest absolute Gasteiger partial charge is 0.490 e. The van der Waals surface area contributed by atoms with Crippen molar-refractivity contribution in [1.29, 1.82) is 0 Å². The van der Waals surface area contributed by atoms with Gasteiger partial charge in [-0.3, -0.25) is 4.79 Å². The lowest BCUT2D eigenvalue weighted by Gasteiger charge is -2.46. The first kappa shape index (κ1) is 28.7. The Morgan fingerprint density at radius 3 is 2.85 bits per heavy atom. The lowest BCUT2D eigenvalue weighted by Crippen LogP contribution is -2.49. The highest BCUT2D eigenvalue weighted by Gasteiger charge is 2.44. The second kappa shape index (κ2) is 11.4. The zero-order valence-electron chi connectivity index (χ0n) is 23.9. The number of hydrogen-bond acceptors (Lipinski definition) is 5. The number of rotatable bonds is 1. The van der Waals surface area contributed by atoms with Gasteiger partial charge in [-0.05, 0) is 97.7 Å². The molecule has 2 bridgehead atoms. The van der Waals surface area contributed by atoms with Crippen LogP contribution < -0.4 is 14.8 Å². The maximum atomic E-state index is 13.3. The van der Waals surface area contributed by atoms with Crippen LogP contribution in [-0.4, -0.2) is 48.8 Å². The number of ether oxygens (including phenoxy) is 2. The number of nitrogens with zero attached hydrogens (tertiary/aromatic N) is 2. The summed E-state index contributed by atoms with van der Waals surface area (Å²) in [4.78, 5) is 15.7. The average Bonchev–Trinajstić information content (AvgIpc) is 3.06. The SMILES string of the molecule is CO[C@H]1/C=C\C[C@H](C)C[S@](N)(=O)=NC(=O)c2ccc3c(c2)N(C[C@@H]2CC[C@H]21)C[C@@]1(CCCc2cc(Cl)ccc21)CO3. The van der Waals surface area contributed by atoms with Crippen LogP contribution in [-0.2, 0) is 26.5 Å². The number of anilines is 1. The molecular weight excluding hydrogens is 558 g/mol. The van der Waals surface area contributed by atoms with E-state index < -0.39 is 15.8 Å². The predicted octanol–water partition coefficient (Wildman–Crippen LogP) is 5.93. The molecule has 2 aromatic rings. The Balaban J connectivity index is 1.44. The van der Waals surface area contributed by atoms with E-state index in [-0.39, 0.29) is 23.2 Å². The van der Waals surface area contributed by atoms with Gasteiger partial charge in [0, 0.05) is 42.0 Å². The Morgan fingerprint density at radius 2 is 2.07 bits per heavy atom. The van der Waals surface area contributed by atoms with Crippen molar-refractivity contribution in [3.05, 3.63) is 70.3 Å². The summed E-state index contributed by atoms with van der Waals surface area (Å²) >= 11 is 6.40. The molecule has 4 aliphatic rings. The van der Waals surface area contributed by atoms with E-state index in [0.29, 0.717) is 30.4 Å². The maximum Gasteiger partial charge on any atom is 0.286 e. The Bertz CT molecular complexity index is 1490. The summed E-state index contributed by atoms with van der Waals surface area (Å²) in [6, 6.07) is 11.7. The molecule has 1 spiro atoms. The number of halogens is 1. The molecule has 1 amide bonds. The number of fused-ring (bicyclic) bond motifs is 4. The molecule has 2 N–H and O–H groups in total. The van der Waals surface area contributed by atoms with Gasteiger partial charge in [-0.2, -0.15) is 0 Å². The number of benzene rings is 2. The van der Waals surface area contributed by atoms with Crippen molar-refractivity contribution in [2.24, 2.45) is 27.3 Å². The van der Waals surface area contributed by atoms with Crippen LogP contribution >= 0.6 is 11.6 Å². The fourth-order valence-electron chi connectivity index (χ4n) is 7.33. The molecule has 2 aliphatic heterocycles. The lowest BCUT2D eigenvalue weighted by molar-refractivity contribution is 0.0131. The number of carbonyl (C=O) groups excluding carboxylic acids is 1. The summed E-state index contributed by atoms with van der Waals surface area (Å²) in [5.41, 5.74) is 3.65. The summed E-state index contributed by atoms with van der Waals surface area (Å²) in [6.45, 7) is 4.14. The number of methoxy groups -OCH3 is 1. The Kier molecular flexibility index (Phi) is 7.96. The van der Waals surface area contributed by atoms with Crippen LogP contribution in [0.5, 0.6) is 5.75 Å². The van der Waals surface area contributed by atoms with E-state index in [9.17, 15) is 9.00 Å². The number of allylic oxidation sites excluding steroid dienone is 1. The minimum atomic E-state index is -3.18.